The summed E-state index contributed by atoms with van der Waals surface area (Å²) in [7, 11) is 0. The molecule has 3 heteroatoms. The van der Waals surface area contributed by atoms with Crippen LogP contribution in [0.1, 0.15) is 43.0 Å². The van der Waals surface area contributed by atoms with Gasteiger partial charge in [-0.15, -0.1) is 0 Å². The number of nitrogens with two attached hydrogens (primary N) is 1. The minimum Gasteiger partial charge on any atom is -0.493 e. The summed E-state index contributed by atoms with van der Waals surface area (Å²) in [6.07, 6.45) is 1.91. The molecule has 0 saturated heterocycles. The van der Waals surface area contributed by atoms with E-state index in [1.165, 1.54) is 11.1 Å². The van der Waals surface area contributed by atoms with Crippen molar-refractivity contribution in [3.05, 3.63) is 27.8 Å². The van der Waals surface area contributed by atoms with Gasteiger partial charge in [-0.25, -0.2) is 0 Å². The van der Waals surface area contributed by atoms with Gasteiger partial charge in [0.05, 0.1) is 6.61 Å². The largest absolute Gasteiger partial charge is 0.493 e. The molecule has 16 heavy (non-hydrogen) atoms. The second-order valence-corrected chi connectivity index (χ2v) is 5.84. The summed E-state index contributed by atoms with van der Waals surface area (Å²) < 4.78 is 5.77. The molecule has 0 saturated carbocycles. The fourth-order valence-electron chi connectivity index (χ4n) is 3.10. The summed E-state index contributed by atoms with van der Waals surface area (Å²) in [5, 5.41) is 0.817. The minimum absolute atomic E-state index is 0.0481. The van der Waals surface area contributed by atoms with E-state index in [1.54, 1.807) is 0 Å². The predicted octanol–water partition coefficient (Wildman–Crippen LogP) is 2.96. The topological polar surface area (TPSA) is 35.2 Å². The van der Waals surface area contributed by atoms with Crippen LogP contribution in [0.25, 0.3) is 0 Å². The fraction of sp³-hybridized carbons (Fsp3) is 0.538. The molecule has 1 aliphatic carbocycles. The van der Waals surface area contributed by atoms with E-state index in [0.29, 0.717) is 0 Å². The Bertz CT molecular complexity index is 467. The van der Waals surface area contributed by atoms with E-state index in [2.05, 4.69) is 13.8 Å². The van der Waals surface area contributed by atoms with Crippen LogP contribution in [0.15, 0.2) is 6.07 Å². The molecule has 2 N–H and O–H groups in total. The molecule has 0 amide bonds. The number of halogens is 1. The van der Waals surface area contributed by atoms with Crippen LogP contribution in [0, 0.1) is 0 Å². The lowest BCUT2D eigenvalue weighted by Gasteiger charge is -2.21. The van der Waals surface area contributed by atoms with Crippen LogP contribution < -0.4 is 10.5 Å². The standard InChI is InChI=1S/C13H16ClNO/c1-13(2)6-9(15)10-8(14)5-7-3-4-16-12(7)11(10)13/h5,9H,3-4,6,15H2,1-2H3. The maximum atomic E-state index is 6.34. The Morgan fingerprint density at radius 2 is 2.25 bits per heavy atom. The average Bonchev–Trinajstić information content (AvgIpc) is 2.68. The molecule has 3 rings (SSSR count). The monoisotopic (exact) mass is 237 g/mol. The van der Waals surface area contributed by atoms with Gasteiger partial charge in [-0.05, 0) is 29.0 Å². The molecule has 0 aromatic heterocycles. The minimum atomic E-state index is 0.0481. The Kier molecular flexibility index (Phi) is 2.05. The Morgan fingerprint density at radius 3 is 3.00 bits per heavy atom. The molecule has 0 fully saturated rings. The van der Waals surface area contributed by atoms with Gasteiger partial charge in [0, 0.05) is 23.0 Å². The number of ether oxygens (including phenoxy) is 1. The average molecular weight is 238 g/mol. The van der Waals surface area contributed by atoms with Crippen LogP contribution in [-0.4, -0.2) is 6.61 Å². The molecule has 1 atom stereocenters. The second-order valence-electron chi connectivity index (χ2n) is 5.43. The first-order valence-corrected chi connectivity index (χ1v) is 6.12. The van der Waals surface area contributed by atoms with Gasteiger partial charge in [-0.1, -0.05) is 25.4 Å². The van der Waals surface area contributed by atoms with Gasteiger partial charge in [-0.3, -0.25) is 0 Å². The van der Waals surface area contributed by atoms with Gasteiger partial charge in [-0.2, -0.15) is 0 Å². The van der Waals surface area contributed by atoms with E-state index in [9.17, 15) is 0 Å². The van der Waals surface area contributed by atoms with Crippen LogP contribution in [0.4, 0.5) is 0 Å². The highest BCUT2D eigenvalue weighted by Crippen LogP contribution is 2.52. The van der Waals surface area contributed by atoms with E-state index < -0.39 is 0 Å². The normalized spacial score (nSPS) is 25.1. The highest BCUT2D eigenvalue weighted by Gasteiger charge is 2.41. The van der Waals surface area contributed by atoms with Gasteiger partial charge in [0.1, 0.15) is 5.75 Å². The molecule has 1 aromatic carbocycles. The summed E-state index contributed by atoms with van der Waals surface area (Å²) in [5.41, 5.74) is 9.85. The molecular weight excluding hydrogens is 222 g/mol. The lowest BCUT2D eigenvalue weighted by Crippen LogP contribution is -2.15. The third-order valence-corrected chi connectivity index (χ3v) is 4.05. The Balaban J connectivity index is 2.33. The zero-order valence-corrected chi connectivity index (χ0v) is 10.4. The summed E-state index contributed by atoms with van der Waals surface area (Å²) in [5.74, 6) is 1.05. The SMILES string of the molecule is CC1(C)CC(N)c2c(Cl)cc3c(c21)OCC3. The fourth-order valence-corrected chi connectivity index (χ4v) is 3.47. The van der Waals surface area contributed by atoms with Crippen LogP contribution in [0.3, 0.4) is 0 Å². The second kappa shape index (κ2) is 3.14. The first-order valence-electron chi connectivity index (χ1n) is 5.75. The number of benzene rings is 1. The van der Waals surface area contributed by atoms with E-state index in [1.807, 2.05) is 6.07 Å². The maximum absolute atomic E-state index is 6.34. The van der Waals surface area contributed by atoms with Crippen LogP contribution in [0.5, 0.6) is 5.75 Å². The van der Waals surface area contributed by atoms with Crippen molar-refractivity contribution >= 4 is 11.6 Å². The van der Waals surface area contributed by atoms with E-state index in [0.717, 1.165) is 35.8 Å². The van der Waals surface area contributed by atoms with Gasteiger partial charge >= 0.3 is 0 Å². The van der Waals surface area contributed by atoms with Crippen molar-refractivity contribution in [1.29, 1.82) is 0 Å². The molecule has 2 aliphatic rings. The third kappa shape index (κ3) is 1.23. The van der Waals surface area contributed by atoms with Crippen molar-refractivity contribution < 1.29 is 4.74 Å². The van der Waals surface area contributed by atoms with Crippen molar-refractivity contribution in [1.82, 2.24) is 0 Å². The van der Waals surface area contributed by atoms with Crippen LogP contribution in [0.2, 0.25) is 5.02 Å². The molecule has 2 nitrogen and oxygen atoms in total. The highest BCUT2D eigenvalue weighted by atomic mass is 35.5. The molecule has 0 bridgehead atoms. The summed E-state index contributed by atoms with van der Waals surface area (Å²) in [4.78, 5) is 0. The van der Waals surface area contributed by atoms with E-state index in [4.69, 9.17) is 22.1 Å². The summed E-state index contributed by atoms with van der Waals surface area (Å²) in [6, 6.07) is 2.08. The van der Waals surface area contributed by atoms with Crippen molar-refractivity contribution in [3.8, 4) is 5.75 Å². The van der Waals surface area contributed by atoms with Gasteiger partial charge in [0.2, 0.25) is 0 Å². The van der Waals surface area contributed by atoms with Crippen molar-refractivity contribution in [3.63, 3.8) is 0 Å². The van der Waals surface area contributed by atoms with Gasteiger partial charge in [0.25, 0.3) is 0 Å². The Hall–Kier alpha value is -0.730. The van der Waals surface area contributed by atoms with Gasteiger partial charge < -0.3 is 10.5 Å². The summed E-state index contributed by atoms with van der Waals surface area (Å²) in [6.45, 7) is 5.21. The molecule has 1 aromatic rings. The number of rotatable bonds is 0. The highest BCUT2D eigenvalue weighted by molar-refractivity contribution is 6.31. The van der Waals surface area contributed by atoms with Crippen LogP contribution >= 0.6 is 11.6 Å². The molecular formula is C13H16ClNO. The smallest absolute Gasteiger partial charge is 0.126 e. The van der Waals surface area contributed by atoms with E-state index >= 15 is 0 Å². The lowest BCUT2D eigenvalue weighted by molar-refractivity contribution is 0.345. The number of hydrogen-bond acceptors (Lipinski definition) is 2. The summed E-state index contributed by atoms with van der Waals surface area (Å²) >= 11 is 6.34. The van der Waals surface area contributed by atoms with E-state index in [-0.39, 0.29) is 11.5 Å². The first kappa shape index (κ1) is 10.4. The zero-order valence-electron chi connectivity index (χ0n) is 9.64. The van der Waals surface area contributed by atoms with Crippen molar-refractivity contribution in [2.24, 2.45) is 5.73 Å². The maximum Gasteiger partial charge on any atom is 0.126 e. The molecule has 86 valence electrons. The van der Waals surface area contributed by atoms with Crippen LogP contribution in [-0.2, 0) is 11.8 Å². The number of hydrogen-bond donors (Lipinski definition) is 1. The quantitative estimate of drug-likeness (QED) is 0.753. The predicted molar refractivity (Wildman–Crippen MR) is 65.2 cm³/mol. The molecule has 0 radical (unpaired) electrons. The van der Waals surface area contributed by atoms with Crippen molar-refractivity contribution in [2.75, 3.05) is 6.61 Å². The zero-order chi connectivity index (χ0) is 11.5. The Labute approximate surface area is 101 Å². The first-order chi connectivity index (χ1) is 7.50. The van der Waals surface area contributed by atoms with Crippen molar-refractivity contribution in [2.45, 2.75) is 38.1 Å². The molecule has 0 spiro atoms. The molecule has 1 aliphatic heterocycles. The third-order valence-electron chi connectivity index (χ3n) is 3.74. The number of fused-ring (bicyclic) bond motifs is 3. The van der Waals surface area contributed by atoms with Gasteiger partial charge in [0.15, 0.2) is 0 Å². The molecule has 1 unspecified atom stereocenters. The Morgan fingerprint density at radius 1 is 1.50 bits per heavy atom. The lowest BCUT2D eigenvalue weighted by atomic mass is 9.85. The molecule has 1 heterocycles.